The Bertz CT molecular complexity index is 1020. The highest BCUT2D eigenvalue weighted by atomic mass is 79.9. The quantitative estimate of drug-likeness (QED) is 0.798. The predicted molar refractivity (Wildman–Crippen MR) is 91.7 cm³/mol. The van der Waals surface area contributed by atoms with E-state index in [4.69, 9.17) is 20.5 Å². The minimum absolute atomic E-state index is 0.0317. The minimum atomic E-state index is -0.700. The van der Waals surface area contributed by atoms with E-state index in [1.807, 2.05) is 12.1 Å². The molecule has 3 N–H and O–H groups in total. The third-order valence-corrected chi connectivity index (χ3v) is 3.86. The monoisotopic (exact) mass is 399 g/mol. The van der Waals surface area contributed by atoms with Gasteiger partial charge in [-0.25, -0.2) is 0 Å². The van der Waals surface area contributed by atoms with Gasteiger partial charge in [0.2, 0.25) is 0 Å². The number of nitrogen functional groups attached to an aromatic ring is 1. The van der Waals surface area contributed by atoms with E-state index in [-0.39, 0.29) is 40.6 Å². The molecule has 0 atom stereocenters. The number of H-pyrrole nitrogens is 1. The molecule has 2 aromatic rings. The summed E-state index contributed by atoms with van der Waals surface area (Å²) in [5, 5.41) is 27.3. The van der Waals surface area contributed by atoms with Crippen molar-refractivity contribution >= 4 is 21.7 Å². The van der Waals surface area contributed by atoms with Gasteiger partial charge in [-0.1, -0.05) is 0 Å². The Kier molecular flexibility index (Phi) is 5.28. The van der Waals surface area contributed by atoms with Gasteiger partial charge in [0, 0.05) is 5.56 Å². The molecule has 124 valence electrons. The van der Waals surface area contributed by atoms with Gasteiger partial charge in [-0.05, 0) is 33.6 Å². The number of nitriles is 3. The second kappa shape index (κ2) is 7.39. The SMILES string of the molecule is COc1cc(-c2c(C#N)c(N)[nH]c(=O)c2C#N)cc(Br)c1OCC#N. The van der Waals surface area contributed by atoms with Crippen LogP contribution in [0.4, 0.5) is 5.82 Å². The molecule has 9 heteroatoms. The van der Waals surface area contributed by atoms with E-state index in [1.54, 1.807) is 12.1 Å². The van der Waals surface area contributed by atoms with E-state index >= 15 is 0 Å². The normalized spacial score (nSPS) is 9.56. The summed E-state index contributed by atoms with van der Waals surface area (Å²) in [6, 6.07) is 8.57. The molecular formula is C16H10BrN5O3. The molecule has 0 aliphatic carbocycles. The Morgan fingerprint density at radius 2 is 1.92 bits per heavy atom. The molecule has 0 spiro atoms. The van der Waals surface area contributed by atoms with Crippen LogP contribution in [0.2, 0.25) is 0 Å². The fourth-order valence-electron chi connectivity index (χ4n) is 2.24. The smallest absolute Gasteiger partial charge is 0.268 e. The molecule has 0 saturated carbocycles. The summed E-state index contributed by atoms with van der Waals surface area (Å²) in [6.07, 6.45) is 0. The maximum absolute atomic E-state index is 12.0. The number of halogens is 1. The van der Waals surface area contributed by atoms with Gasteiger partial charge < -0.3 is 20.2 Å². The zero-order chi connectivity index (χ0) is 18.6. The minimum Gasteiger partial charge on any atom is -0.493 e. The molecule has 0 radical (unpaired) electrons. The van der Waals surface area contributed by atoms with Crippen molar-refractivity contribution in [2.24, 2.45) is 0 Å². The average molecular weight is 400 g/mol. The van der Waals surface area contributed by atoms with Crippen LogP contribution < -0.4 is 20.8 Å². The summed E-state index contributed by atoms with van der Waals surface area (Å²) in [5.41, 5.74) is 5.18. The van der Waals surface area contributed by atoms with Crippen LogP contribution in [0.25, 0.3) is 11.1 Å². The summed E-state index contributed by atoms with van der Waals surface area (Å²) in [6.45, 7) is -0.195. The Morgan fingerprint density at radius 3 is 2.48 bits per heavy atom. The number of methoxy groups -OCH3 is 1. The zero-order valence-corrected chi connectivity index (χ0v) is 14.5. The van der Waals surface area contributed by atoms with E-state index < -0.39 is 5.56 Å². The number of aromatic nitrogens is 1. The van der Waals surface area contributed by atoms with Gasteiger partial charge in [0.25, 0.3) is 5.56 Å². The van der Waals surface area contributed by atoms with Gasteiger partial charge in [-0.15, -0.1) is 0 Å². The maximum Gasteiger partial charge on any atom is 0.268 e. The van der Waals surface area contributed by atoms with Crippen molar-refractivity contribution in [3.05, 3.63) is 38.1 Å². The number of nitrogens with two attached hydrogens (primary N) is 1. The predicted octanol–water partition coefficient (Wildman–Crippen LogP) is 2.04. The number of nitrogens with one attached hydrogen (secondary N) is 1. The fourth-order valence-corrected chi connectivity index (χ4v) is 2.80. The molecule has 1 heterocycles. The van der Waals surface area contributed by atoms with Gasteiger partial charge >= 0.3 is 0 Å². The Hall–Kier alpha value is -3.48. The first-order valence-corrected chi connectivity index (χ1v) is 7.51. The van der Waals surface area contributed by atoms with Crippen molar-refractivity contribution in [3.8, 4) is 40.8 Å². The molecule has 0 aliphatic heterocycles. The van der Waals surface area contributed by atoms with Crippen molar-refractivity contribution in [2.45, 2.75) is 0 Å². The summed E-state index contributed by atoms with van der Waals surface area (Å²) >= 11 is 3.30. The highest BCUT2D eigenvalue weighted by molar-refractivity contribution is 9.10. The van der Waals surface area contributed by atoms with Gasteiger partial charge in [0.15, 0.2) is 18.1 Å². The van der Waals surface area contributed by atoms with Crippen molar-refractivity contribution < 1.29 is 9.47 Å². The molecule has 1 aromatic heterocycles. The van der Waals surface area contributed by atoms with Crippen LogP contribution in [0, 0.1) is 34.0 Å². The molecule has 25 heavy (non-hydrogen) atoms. The largest absolute Gasteiger partial charge is 0.493 e. The second-order valence-corrected chi connectivity index (χ2v) is 5.51. The number of hydrogen-bond acceptors (Lipinski definition) is 7. The molecule has 0 fully saturated rings. The van der Waals surface area contributed by atoms with Crippen molar-refractivity contribution in [1.29, 1.82) is 15.8 Å². The van der Waals surface area contributed by atoms with Crippen molar-refractivity contribution in [3.63, 3.8) is 0 Å². The van der Waals surface area contributed by atoms with E-state index in [0.717, 1.165) is 0 Å². The number of ether oxygens (including phenoxy) is 2. The summed E-state index contributed by atoms with van der Waals surface area (Å²) in [5.74, 6) is 0.398. The molecule has 8 nitrogen and oxygen atoms in total. The molecular weight excluding hydrogens is 390 g/mol. The lowest BCUT2D eigenvalue weighted by atomic mass is 9.96. The van der Waals surface area contributed by atoms with E-state index in [2.05, 4.69) is 20.9 Å². The number of rotatable bonds is 4. The topological polar surface area (TPSA) is 149 Å². The van der Waals surface area contributed by atoms with Crippen LogP contribution in [0.3, 0.4) is 0 Å². The third-order valence-electron chi connectivity index (χ3n) is 3.27. The summed E-state index contributed by atoms with van der Waals surface area (Å²) < 4.78 is 11.0. The lowest BCUT2D eigenvalue weighted by Crippen LogP contribution is -2.16. The van der Waals surface area contributed by atoms with Crippen molar-refractivity contribution in [1.82, 2.24) is 4.98 Å². The average Bonchev–Trinajstić information content (AvgIpc) is 2.59. The van der Waals surface area contributed by atoms with Crippen LogP contribution in [0.1, 0.15) is 11.1 Å². The number of aromatic amines is 1. The lowest BCUT2D eigenvalue weighted by Gasteiger charge is -2.14. The van der Waals surface area contributed by atoms with Crippen LogP contribution in [0.5, 0.6) is 11.5 Å². The number of benzene rings is 1. The Balaban J connectivity index is 2.83. The second-order valence-electron chi connectivity index (χ2n) is 4.65. The number of nitrogens with zero attached hydrogens (tertiary/aromatic N) is 3. The Labute approximate surface area is 150 Å². The van der Waals surface area contributed by atoms with Gasteiger partial charge in [-0.3, -0.25) is 4.79 Å². The van der Waals surface area contributed by atoms with Crippen LogP contribution in [-0.2, 0) is 0 Å². The summed E-state index contributed by atoms with van der Waals surface area (Å²) in [7, 11) is 1.40. The number of pyridine rings is 1. The zero-order valence-electron chi connectivity index (χ0n) is 12.9. The summed E-state index contributed by atoms with van der Waals surface area (Å²) in [4.78, 5) is 14.3. The fraction of sp³-hybridized carbons (Fsp3) is 0.125. The van der Waals surface area contributed by atoms with E-state index in [1.165, 1.54) is 13.2 Å². The van der Waals surface area contributed by atoms with Crippen LogP contribution >= 0.6 is 15.9 Å². The molecule has 0 saturated heterocycles. The van der Waals surface area contributed by atoms with Crippen molar-refractivity contribution in [2.75, 3.05) is 19.5 Å². The van der Waals surface area contributed by atoms with Crippen LogP contribution in [0.15, 0.2) is 21.4 Å². The highest BCUT2D eigenvalue weighted by Gasteiger charge is 2.21. The first-order chi connectivity index (χ1) is 12.0. The van der Waals surface area contributed by atoms with Gasteiger partial charge in [0.1, 0.15) is 35.2 Å². The van der Waals surface area contributed by atoms with Crippen LogP contribution in [-0.4, -0.2) is 18.7 Å². The first-order valence-electron chi connectivity index (χ1n) is 6.72. The Morgan fingerprint density at radius 1 is 1.24 bits per heavy atom. The number of hydrogen-bond donors (Lipinski definition) is 2. The molecule has 0 unspecified atom stereocenters. The standard InChI is InChI=1S/C16H10BrN5O3/c1-24-12-5-8(4-11(17)14(12)25-3-2-18)13-9(6-19)15(21)22-16(23)10(13)7-20/h4-5H,3H2,1H3,(H3,21,22,23). The first kappa shape index (κ1) is 17.9. The molecule has 1 aromatic carbocycles. The third kappa shape index (κ3) is 3.25. The van der Waals surface area contributed by atoms with Gasteiger partial charge in [0.05, 0.1) is 11.6 Å². The number of anilines is 1. The maximum atomic E-state index is 12.0. The molecule has 0 aliphatic rings. The van der Waals surface area contributed by atoms with E-state index in [0.29, 0.717) is 10.0 Å². The molecule has 0 amide bonds. The lowest BCUT2D eigenvalue weighted by molar-refractivity contribution is 0.328. The molecule has 2 rings (SSSR count). The van der Waals surface area contributed by atoms with E-state index in [9.17, 15) is 15.3 Å². The highest BCUT2D eigenvalue weighted by Crippen LogP contribution is 2.41. The van der Waals surface area contributed by atoms with Gasteiger partial charge in [-0.2, -0.15) is 15.8 Å². The molecule has 0 bridgehead atoms.